The highest BCUT2D eigenvalue weighted by molar-refractivity contribution is 6.24. The van der Waals surface area contributed by atoms with Crippen LogP contribution in [0.2, 0.25) is 0 Å². The number of fused-ring (bicyclic) bond motifs is 1. The molecule has 1 aromatic carbocycles. The van der Waals surface area contributed by atoms with Gasteiger partial charge in [-0.15, -0.1) is 0 Å². The minimum Gasteiger partial charge on any atom is -0.421 e. The van der Waals surface area contributed by atoms with Gasteiger partial charge in [-0.1, -0.05) is 48.6 Å². The van der Waals surface area contributed by atoms with Crippen LogP contribution in [-0.2, 0) is 9.53 Å². The number of hydrogen-bond acceptors (Lipinski definition) is 4. The number of allylic oxidation sites excluding steroid dienone is 4. The zero-order valence-electron chi connectivity index (χ0n) is 10.4. The van der Waals surface area contributed by atoms with E-state index in [1.165, 1.54) is 0 Å². The highest BCUT2D eigenvalue weighted by Crippen LogP contribution is 2.23. The third kappa shape index (κ3) is 2.01. The highest BCUT2D eigenvalue weighted by atomic mass is 16.5. The lowest BCUT2D eigenvalue weighted by molar-refractivity contribution is -0.140. The molecule has 0 saturated heterocycles. The van der Waals surface area contributed by atoms with Crippen molar-refractivity contribution in [3.63, 3.8) is 0 Å². The Bertz CT molecular complexity index is 695. The van der Waals surface area contributed by atoms with Gasteiger partial charge in [0.05, 0.1) is 5.92 Å². The predicted molar refractivity (Wildman–Crippen MR) is 71.0 cm³/mol. The van der Waals surface area contributed by atoms with Crippen LogP contribution in [0.3, 0.4) is 0 Å². The maximum Gasteiger partial charge on any atom is 0.322 e. The standard InChI is InChI=1S/C16H10O4/c17-13-9-14(20-16(19)10-5-1-2-6-10)15(18)12-8-4-3-7-11(12)13/h1-10H. The Morgan fingerprint density at radius 2 is 1.65 bits per heavy atom. The Hall–Kier alpha value is -2.75. The first-order chi connectivity index (χ1) is 9.66. The van der Waals surface area contributed by atoms with E-state index in [0.717, 1.165) is 6.08 Å². The molecule has 0 radical (unpaired) electrons. The molecule has 1 aromatic rings. The topological polar surface area (TPSA) is 60.4 Å². The molecule has 4 heteroatoms. The van der Waals surface area contributed by atoms with Gasteiger partial charge in [0.2, 0.25) is 5.78 Å². The number of Topliss-reactive ketones (excluding diaryl/α,β-unsaturated/α-hetero) is 1. The van der Waals surface area contributed by atoms with Crippen molar-refractivity contribution < 1.29 is 19.1 Å². The lowest BCUT2D eigenvalue weighted by Crippen LogP contribution is -2.22. The van der Waals surface area contributed by atoms with E-state index in [2.05, 4.69) is 0 Å². The summed E-state index contributed by atoms with van der Waals surface area (Å²) in [6, 6.07) is 6.47. The average Bonchev–Trinajstić information content (AvgIpc) is 2.99. The van der Waals surface area contributed by atoms with Gasteiger partial charge in [0.25, 0.3) is 0 Å². The third-order valence-corrected chi connectivity index (χ3v) is 3.15. The van der Waals surface area contributed by atoms with Gasteiger partial charge in [-0.2, -0.15) is 0 Å². The maximum absolute atomic E-state index is 12.2. The smallest absolute Gasteiger partial charge is 0.322 e. The van der Waals surface area contributed by atoms with Crippen LogP contribution in [0.5, 0.6) is 0 Å². The molecule has 0 spiro atoms. The summed E-state index contributed by atoms with van der Waals surface area (Å²) in [5, 5.41) is 0. The molecular formula is C16H10O4. The van der Waals surface area contributed by atoms with Crippen LogP contribution in [0.4, 0.5) is 0 Å². The number of carbonyl (C=O) groups excluding carboxylic acids is 3. The fraction of sp³-hybridized carbons (Fsp3) is 0.0625. The molecule has 2 aliphatic rings. The van der Waals surface area contributed by atoms with Crippen LogP contribution in [0.25, 0.3) is 0 Å². The summed E-state index contributed by atoms with van der Waals surface area (Å²) in [4.78, 5) is 35.9. The number of ketones is 2. The van der Waals surface area contributed by atoms with Crippen molar-refractivity contribution in [2.45, 2.75) is 0 Å². The minimum atomic E-state index is -0.568. The zero-order valence-corrected chi connectivity index (χ0v) is 10.4. The fourth-order valence-electron chi connectivity index (χ4n) is 2.13. The molecule has 20 heavy (non-hydrogen) atoms. The Kier molecular flexibility index (Phi) is 2.91. The van der Waals surface area contributed by atoms with E-state index in [-0.39, 0.29) is 17.1 Å². The molecule has 0 amide bonds. The lowest BCUT2D eigenvalue weighted by atomic mass is 9.94. The van der Waals surface area contributed by atoms with Gasteiger partial charge in [0.15, 0.2) is 11.5 Å². The van der Waals surface area contributed by atoms with Gasteiger partial charge >= 0.3 is 5.97 Å². The first-order valence-corrected chi connectivity index (χ1v) is 6.13. The molecule has 0 bridgehead atoms. The van der Waals surface area contributed by atoms with Crippen LogP contribution in [0.1, 0.15) is 20.7 Å². The quantitative estimate of drug-likeness (QED) is 0.770. The molecular weight excluding hydrogens is 256 g/mol. The summed E-state index contributed by atoms with van der Waals surface area (Å²) < 4.78 is 5.06. The number of carbonyl (C=O) groups is 3. The maximum atomic E-state index is 12.2. The first kappa shape index (κ1) is 12.3. The monoisotopic (exact) mass is 266 g/mol. The Morgan fingerprint density at radius 1 is 1.00 bits per heavy atom. The summed E-state index contributed by atoms with van der Waals surface area (Å²) in [5.41, 5.74) is 0.596. The first-order valence-electron chi connectivity index (χ1n) is 6.13. The zero-order chi connectivity index (χ0) is 14.1. The summed E-state index contributed by atoms with van der Waals surface area (Å²) in [7, 11) is 0. The van der Waals surface area contributed by atoms with Crippen molar-refractivity contribution in [3.8, 4) is 0 Å². The SMILES string of the molecule is O=C1C=C(OC(=O)C2C=CC=C2)C(=O)c2ccccc21. The van der Waals surface area contributed by atoms with Crippen LogP contribution in [-0.4, -0.2) is 17.5 Å². The van der Waals surface area contributed by atoms with Crippen LogP contribution < -0.4 is 0 Å². The van der Waals surface area contributed by atoms with E-state index in [0.29, 0.717) is 5.56 Å². The number of esters is 1. The van der Waals surface area contributed by atoms with Gasteiger partial charge in [0, 0.05) is 17.2 Å². The van der Waals surface area contributed by atoms with Gasteiger partial charge in [-0.05, 0) is 0 Å². The summed E-state index contributed by atoms with van der Waals surface area (Å²) in [6.07, 6.45) is 7.84. The van der Waals surface area contributed by atoms with Crippen molar-refractivity contribution in [2.75, 3.05) is 0 Å². The lowest BCUT2D eigenvalue weighted by Gasteiger charge is -2.15. The van der Waals surface area contributed by atoms with Crippen molar-refractivity contribution in [1.29, 1.82) is 0 Å². The second-order valence-electron chi connectivity index (χ2n) is 4.46. The minimum absolute atomic E-state index is 0.215. The van der Waals surface area contributed by atoms with E-state index in [1.807, 2.05) is 0 Å². The molecule has 3 rings (SSSR count). The molecule has 0 aliphatic heterocycles. The second-order valence-corrected chi connectivity index (χ2v) is 4.46. The predicted octanol–water partition coefficient (Wildman–Crippen LogP) is 2.23. The third-order valence-electron chi connectivity index (χ3n) is 3.15. The van der Waals surface area contributed by atoms with Crippen molar-refractivity contribution in [2.24, 2.45) is 5.92 Å². The largest absolute Gasteiger partial charge is 0.421 e. The molecule has 0 aromatic heterocycles. The Labute approximate surface area is 115 Å². The van der Waals surface area contributed by atoms with E-state index >= 15 is 0 Å². The van der Waals surface area contributed by atoms with E-state index in [9.17, 15) is 14.4 Å². The van der Waals surface area contributed by atoms with Crippen LogP contribution in [0, 0.1) is 5.92 Å². The summed E-state index contributed by atoms with van der Waals surface area (Å²) in [5.74, 6) is -2.06. The Morgan fingerprint density at radius 3 is 2.35 bits per heavy atom. The van der Waals surface area contributed by atoms with Crippen LogP contribution in [0.15, 0.2) is 60.4 Å². The average molecular weight is 266 g/mol. The normalized spacial score (nSPS) is 17.1. The fourth-order valence-corrected chi connectivity index (χ4v) is 2.13. The summed E-state index contributed by atoms with van der Waals surface area (Å²) >= 11 is 0. The Balaban J connectivity index is 1.87. The molecule has 0 atom stereocenters. The van der Waals surface area contributed by atoms with Gasteiger partial charge < -0.3 is 4.74 Å². The number of rotatable bonds is 2. The van der Waals surface area contributed by atoms with Crippen molar-refractivity contribution in [3.05, 3.63) is 71.5 Å². The van der Waals surface area contributed by atoms with E-state index < -0.39 is 17.7 Å². The second kappa shape index (κ2) is 4.74. The highest BCUT2D eigenvalue weighted by Gasteiger charge is 2.29. The molecule has 98 valence electrons. The molecule has 0 saturated carbocycles. The molecule has 0 unspecified atom stereocenters. The number of benzene rings is 1. The molecule has 0 heterocycles. The molecule has 4 nitrogen and oxygen atoms in total. The van der Waals surface area contributed by atoms with Gasteiger partial charge in [-0.3, -0.25) is 14.4 Å². The summed E-state index contributed by atoms with van der Waals surface area (Å²) in [6.45, 7) is 0. The number of ether oxygens (including phenoxy) is 1. The van der Waals surface area contributed by atoms with Crippen molar-refractivity contribution >= 4 is 17.5 Å². The van der Waals surface area contributed by atoms with Gasteiger partial charge in [-0.25, -0.2) is 0 Å². The molecule has 0 fully saturated rings. The molecule has 0 N–H and O–H groups in total. The number of hydrogen-bond donors (Lipinski definition) is 0. The van der Waals surface area contributed by atoms with E-state index in [1.54, 1.807) is 48.6 Å². The van der Waals surface area contributed by atoms with Gasteiger partial charge in [0.1, 0.15) is 0 Å². The van der Waals surface area contributed by atoms with Crippen LogP contribution >= 0.6 is 0 Å². The molecule has 2 aliphatic carbocycles. The van der Waals surface area contributed by atoms with Crippen molar-refractivity contribution in [1.82, 2.24) is 0 Å². The van der Waals surface area contributed by atoms with E-state index in [4.69, 9.17) is 4.74 Å².